The molecule has 0 aromatic rings. The number of halogens is 4. The molecule has 0 saturated carbocycles. The Bertz CT molecular complexity index is 176. The van der Waals surface area contributed by atoms with E-state index in [0.717, 1.165) is 24.8 Å². The highest BCUT2D eigenvalue weighted by atomic mass is 79.9. The lowest BCUT2D eigenvalue weighted by molar-refractivity contribution is -0.324. The van der Waals surface area contributed by atoms with Crippen molar-refractivity contribution < 1.29 is 17.9 Å². The van der Waals surface area contributed by atoms with Crippen LogP contribution in [0.15, 0.2) is 0 Å². The highest BCUT2D eigenvalue weighted by Gasteiger charge is 2.29. The highest BCUT2D eigenvalue weighted by molar-refractivity contribution is 9.09. The van der Waals surface area contributed by atoms with Crippen LogP contribution in [0.1, 0.15) is 6.42 Å². The molecule has 14 heavy (non-hydrogen) atoms. The highest BCUT2D eigenvalue weighted by Crippen LogP contribution is 2.19. The van der Waals surface area contributed by atoms with Crippen molar-refractivity contribution in [1.82, 2.24) is 4.90 Å². The third kappa shape index (κ3) is 4.61. The standard InChI is InChI=1S/C8H13BrF3NO/c9-5-7-1-2-13(6-7)3-4-14-8(10,11)12/h7H,1-6H2. The molecule has 0 bridgehead atoms. The van der Waals surface area contributed by atoms with Crippen LogP contribution >= 0.6 is 15.9 Å². The average Bonchev–Trinajstić information content (AvgIpc) is 2.50. The molecule has 1 atom stereocenters. The Morgan fingerprint density at radius 1 is 1.43 bits per heavy atom. The van der Waals surface area contributed by atoms with E-state index in [1.54, 1.807) is 0 Å². The van der Waals surface area contributed by atoms with Gasteiger partial charge in [-0.15, -0.1) is 13.2 Å². The summed E-state index contributed by atoms with van der Waals surface area (Å²) in [7, 11) is 0. The molecule has 1 unspecified atom stereocenters. The minimum absolute atomic E-state index is 0.265. The zero-order valence-corrected chi connectivity index (χ0v) is 9.27. The normalized spacial score (nSPS) is 24.4. The quantitative estimate of drug-likeness (QED) is 0.730. The molecular weight excluding hydrogens is 263 g/mol. The van der Waals surface area contributed by atoms with Crippen molar-refractivity contribution in [1.29, 1.82) is 0 Å². The summed E-state index contributed by atoms with van der Waals surface area (Å²) in [5.74, 6) is 0.570. The maximum atomic E-state index is 11.6. The minimum atomic E-state index is -4.49. The first-order chi connectivity index (χ1) is 6.51. The van der Waals surface area contributed by atoms with Crippen LogP contribution in [0, 0.1) is 5.92 Å². The first-order valence-electron chi connectivity index (χ1n) is 4.50. The van der Waals surface area contributed by atoms with Gasteiger partial charge < -0.3 is 4.90 Å². The van der Waals surface area contributed by atoms with Crippen molar-refractivity contribution >= 4 is 15.9 Å². The number of alkyl halides is 4. The van der Waals surface area contributed by atoms with Gasteiger partial charge in [0.1, 0.15) is 0 Å². The van der Waals surface area contributed by atoms with Gasteiger partial charge in [-0.1, -0.05) is 15.9 Å². The molecule has 0 aromatic heterocycles. The predicted molar refractivity (Wildman–Crippen MR) is 50.3 cm³/mol. The van der Waals surface area contributed by atoms with Crippen LogP contribution in [0.5, 0.6) is 0 Å². The van der Waals surface area contributed by atoms with Gasteiger partial charge in [-0.2, -0.15) is 0 Å². The summed E-state index contributed by atoms with van der Waals surface area (Å²) >= 11 is 3.37. The van der Waals surface area contributed by atoms with Gasteiger partial charge in [-0.3, -0.25) is 4.74 Å². The zero-order chi connectivity index (χ0) is 10.6. The summed E-state index contributed by atoms with van der Waals surface area (Å²) in [5, 5.41) is 0.920. The Morgan fingerprint density at radius 2 is 2.14 bits per heavy atom. The zero-order valence-electron chi connectivity index (χ0n) is 7.69. The van der Waals surface area contributed by atoms with Gasteiger partial charge in [-0.05, 0) is 18.9 Å². The Labute approximate surface area is 89.5 Å². The Morgan fingerprint density at radius 3 is 2.64 bits per heavy atom. The Hall–Kier alpha value is 0.190. The third-order valence-electron chi connectivity index (χ3n) is 2.26. The smallest absolute Gasteiger partial charge is 0.301 e. The number of hydrogen-bond acceptors (Lipinski definition) is 2. The van der Waals surface area contributed by atoms with E-state index in [4.69, 9.17) is 0 Å². The van der Waals surface area contributed by atoms with Crippen molar-refractivity contribution in [2.75, 3.05) is 31.6 Å². The molecule has 0 spiro atoms. The molecule has 6 heteroatoms. The topological polar surface area (TPSA) is 12.5 Å². The van der Waals surface area contributed by atoms with E-state index in [1.165, 1.54) is 0 Å². The molecule has 1 aliphatic rings. The lowest BCUT2D eigenvalue weighted by Gasteiger charge is -2.15. The summed E-state index contributed by atoms with van der Waals surface area (Å²) in [6.07, 6.45) is -3.44. The van der Waals surface area contributed by atoms with Crippen LogP contribution in [0.25, 0.3) is 0 Å². The predicted octanol–water partition coefficient (Wildman–Crippen LogP) is 2.24. The third-order valence-corrected chi connectivity index (χ3v) is 3.18. The fourth-order valence-corrected chi connectivity index (χ4v) is 2.06. The average molecular weight is 276 g/mol. The molecule has 0 N–H and O–H groups in total. The van der Waals surface area contributed by atoms with E-state index < -0.39 is 6.36 Å². The number of likely N-dealkylation sites (tertiary alicyclic amines) is 1. The maximum absolute atomic E-state index is 11.6. The van der Waals surface area contributed by atoms with Crippen LogP contribution in [0.4, 0.5) is 13.2 Å². The molecule has 1 heterocycles. The molecule has 0 aromatic carbocycles. The van der Waals surface area contributed by atoms with Gasteiger partial charge in [0.05, 0.1) is 6.61 Å². The second-order valence-corrected chi connectivity index (χ2v) is 4.05. The van der Waals surface area contributed by atoms with Crippen LogP contribution in [-0.2, 0) is 4.74 Å². The number of nitrogens with zero attached hydrogens (tertiary/aromatic N) is 1. The lowest BCUT2D eigenvalue weighted by atomic mass is 10.2. The van der Waals surface area contributed by atoms with E-state index in [2.05, 4.69) is 20.7 Å². The van der Waals surface area contributed by atoms with Crippen LogP contribution in [0.2, 0.25) is 0 Å². The number of hydrogen-bond donors (Lipinski definition) is 0. The summed E-state index contributed by atoms with van der Waals surface area (Å²) < 4.78 is 38.6. The van der Waals surface area contributed by atoms with Crippen molar-refractivity contribution in [2.24, 2.45) is 5.92 Å². The Balaban J connectivity index is 2.09. The van der Waals surface area contributed by atoms with Crippen molar-refractivity contribution in [2.45, 2.75) is 12.8 Å². The maximum Gasteiger partial charge on any atom is 0.522 e. The largest absolute Gasteiger partial charge is 0.522 e. The summed E-state index contributed by atoms with van der Waals surface area (Å²) in [6, 6.07) is 0. The van der Waals surface area contributed by atoms with Gasteiger partial charge in [0, 0.05) is 18.4 Å². The molecule has 84 valence electrons. The van der Waals surface area contributed by atoms with Crippen molar-refractivity contribution in [3.63, 3.8) is 0 Å². The van der Waals surface area contributed by atoms with Crippen molar-refractivity contribution in [3.8, 4) is 0 Å². The van der Waals surface area contributed by atoms with Crippen molar-refractivity contribution in [3.05, 3.63) is 0 Å². The lowest BCUT2D eigenvalue weighted by Crippen LogP contribution is -2.28. The van der Waals surface area contributed by atoms with Crippen LogP contribution in [-0.4, -0.2) is 42.8 Å². The second kappa shape index (κ2) is 5.32. The van der Waals surface area contributed by atoms with Gasteiger partial charge in [0.25, 0.3) is 0 Å². The van der Waals surface area contributed by atoms with Crippen LogP contribution < -0.4 is 0 Å². The van der Waals surface area contributed by atoms with E-state index >= 15 is 0 Å². The van der Waals surface area contributed by atoms with E-state index in [-0.39, 0.29) is 6.61 Å². The molecule has 1 saturated heterocycles. The minimum Gasteiger partial charge on any atom is -0.301 e. The monoisotopic (exact) mass is 275 g/mol. The first kappa shape index (κ1) is 12.3. The number of rotatable bonds is 4. The van der Waals surface area contributed by atoms with E-state index in [9.17, 15) is 13.2 Å². The molecule has 1 fully saturated rings. The van der Waals surface area contributed by atoms with Gasteiger partial charge in [0.15, 0.2) is 0 Å². The summed E-state index contributed by atoms with van der Waals surface area (Å²) in [6.45, 7) is 1.84. The fraction of sp³-hybridized carbons (Fsp3) is 1.00. The summed E-state index contributed by atoms with van der Waals surface area (Å²) in [4.78, 5) is 2.00. The number of ether oxygens (including phenoxy) is 1. The summed E-state index contributed by atoms with van der Waals surface area (Å²) in [5.41, 5.74) is 0. The van der Waals surface area contributed by atoms with Gasteiger partial charge in [0.2, 0.25) is 0 Å². The molecule has 1 rings (SSSR count). The SMILES string of the molecule is FC(F)(F)OCCN1CCC(CBr)C1. The molecule has 2 nitrogen and oxygen atoms in total. The Kier molecular flexibility index (Phi) is 4.66. The molecule has 1 aliphatic heterocycles. The van der Waals surface area contributed by atoms with Crippen LogP contribution in [0.3, 0.4) is 0 Å². The molecular formula is C8H13BrF3NO. The first-order valence-corrected chi connectivity index (χ1v) is 5.62. The second-order valence-electron chi connectivity index (χ2n) is 3.40. The van der Waals surface area contributed by atoms with Gasteiger partial charge >= 0.3 is 6.36 Å². The molecule has 0 radical (unpaired) electrons. The van der Waals surface area contributed by atoms with Gasteiger partial charge in [-0.25, -0.2) is 0 Å². The molecule has 0 amide bonds. The fourth-order valence-electron chi connectivity index (χ4n) is 1.53. The molecule has 0 aliphatic carbocycles. The van der Waals surface area contributed by atoms with E-state index in [1.807, 2.05) is 4.90 Å². The van der Waals surface area contributed by atoms with E-state index in [0.29, 0.717) is 12.5 Å².